The van der Waals surface area contributed by atoms with Gasteiger partial charge in [0.25, 0.3) is 0 Å². The maximum absolute atomic E-state index is 7.46. The minimum absolute atomic E-state index is 0.724. The van der Waals surface area contributed by atoms with Crippen molar-refractivity contribution >= 4 is 0 Å². The highest BCUT2D eigenvalue weighted by Gasteiger charge is 2.22. The number of rotatable bonds is 1. The van der Waals surface area contributed by atoms with Gasteiger partial charge in [0.2, 0.25) is 0 Å². The molecule has 2 saturated heterocycles. The van der Waals surface area contributed by atoms with Crippen LogP contribution < -0.4 is 5.31 Å². The van der Waals surface area contributed by atoms with Gasteiger partial charge in [-0.1, -0.05) is 0 Å². The van der Waals surface area contributed by atoms with E-state index in [2.05, 4.69) is 4.90 Å². The van der Waals surface area contributed by atoms with Crippen molar-refractivity contribution < 1.29 is 6.15 Å². The Morgan fingerprint density at radius 1 is 1.25 bits per heavy atom. The second-order valence-corrected chi connectivity index (χ2v) is 3.55. The number of ether oxygens (including phenoxy) is 1. The molecule has 70 valence electrons. The highest BCUT2D eigenvalue weighted by atomic mass is 16.5. The first-order chi connectivity index (χ1) is 6.36. The van der Waals surface area contributed by atoms with Crippen LogP contribution in [0.15, 0.2) is 0 Å². The van der Waals surface area contributed by atoms with E-state index in [1.165, 1.54) is 12.8 Å². The van der Waals surface area contributed by atoms with Crippen molar-refractivity contribution in [1.29, 1.82) is 0 Å². The lowest BCUT2D eigenvalue weighted by molar-refractivity contribution is 0.0299. The van der Waals surface area contributed by atoms with E-state index >= 15 is 0 Å². The third-order valence-corrected chi connectivity index (χ3v) is 2.80. The number of hydrogen-bond acceptors (Lipinski definition) is 3. The fourth-order valence-electron chi connectivity index (χ4n) is 2.04. The summed E-state index contributed by atoms with van der Waals surface area (Å²) < 4.78 is 12.8. The summed E-state index contributed by atoms with van der Waals surface area (Å²) in [4.78, 5) is 2.52. The molecule has 2 fully saturated rings. The van der Waals surface area contributed by atoms with Crippen LogP contribution in [-0.4, -0.2) is 50.3 Å². The van der Waals surface area contributed by atoms with Crippen LogP contribution in [-0.2, 0) is 4.74 Å². The molecule has 12 heavy (non-hydrogen) atoms. The van der Waals surface area contributed by atoms with Gasteiger partial charge in [0.05, 0.1) is 0 Å². The van der Waals surface area contributed by atoms with Crippen LogP contribution in [0.25, 0.3) is 0 Å². The summed E-state index contributed by atoms with van der Waals surface area (Å²) in [5.74, 6) is 0. The fraction of sp³-hybridized carbons (Fsp3) is 1.00. The molecule has 0 atom stereocenters. The van der Waals surface area contributed by atoms with E-state index in [1.54, 1.807) is 5.31 Å². The summed E-state index contributed by atoms with van der Waals surface area (Å²) in [6.07, 6.45) is 2.36. The molecule has 0 radical (unpaired) electrons. The van der Waals surface area contributed by atoms with E-state index < -0.39 is 0 Å². The van der Waals surface area contributed by atoms with Crippen LogP contribution in [0, 0.1) is 0 Å². The molecule has 3 nitrogen and oxygen atoms in total. The molecule has 2 aliphatic rings. The molecule has 0 bridgehead atoms. The summed E-state index contributed by atoms with van der Waals surface area (Å²) >= 11 is 0. The zero-order valence-corrected chi connectivity index (χ0v) is 7.54. The Morgan fingerprint density at radius 2 is 1.92 bits per heavy atom. The molecule has 2 aliphatic heterocycles. The highest BCUT2D eigenvalue weighted by molar-refractivity contribution is 4.78. The molecule has 0 spiro atoms. The van der Waals surface area contributed by atoms with Crippen molar-refractivity contribution in [2.45, 2.75) is 18.9 Å². The van der Waals surface area contributed by atoms with E-state index in [1.807, 2.05) is 0 Å². The van der Waals surface area contributed by atoms with Crippen molar-refractivity contribution in [1.82, 2.24) is 10.2 Å². The number of nitrogens with one attached hydrogen (secondary N) is 1. The first kappa shape index (κ1) is 7.30. The van der Waals surface area contributed by atoms with Crippen LogP contribution >= 0.6 is 0 Å². The number of hydrogen-bond donors (Lipinski definition) is 1. The van der Waals surface area contributed by atoms with Crippen molar-refractivity contribution in [3.05, 3.63) is 0 Å². The molecule has 1 N–H and O–H groups in total. The third kappa shape index (κ3) is 1.97. The van der Waals surface area contributed by atoms with Gasteiger partial charge < -0.3 is 10.0 Å². The molecule has 0 aromatic carbocycles. The molecule has 2 heterocycles. The monoisotopic (exact) mass is 171 g/mol. The van der Waals surface area contributed by atoms with Gasteiger partial charge in [-0.15, -0.1) is 0 Å². The standard InChI is InChI=1S/C9H18N2O/c1-7-12-8-2-9(1)11-5-3-10-4-6-11/h9-10H,1-8H2/i/hD. The van der Waals surface area contributed by atoms with Crippen molar-refractivity contribution in [2.75, 3.05) is 39.4 Å². The lowest BCUT2D eigenvalue weighted by atomic mass is 10.1. The van der Waals surface area contributed by atoms with E-state index in [0.717, 1.165) is 45.4 Å². The first-order valence-electron chi connectivity index (χ1n) is 5.36. The lowest BCUT2D eigenvalue weighted by Gasteiger charge is -2.36. The van der Waals surface area contributed by atoms with Crippen LogP contribution in [0.3, 0.4) is 0 Å². The largest absolute Gasteiger partial charge is 0.381 e. The molecule has 3 heteroatoms. The van der Waals surface area contributed by atoms with E-state index in [-0.39, 0.29) is 0 Å². The van der Waals surface area contributed by atoms with Crippen LogP contribution in [0.5, 0.6) is 0 Å². The van der Waals surface area contributed by atoms with Crippen LogP contribution in [0.4, 0.5) is 0 Å². The Bertz CT molecular complexity index is 154. The summed E-state index contributed by atoms with van der Waals surface area (Å²) in [7, 11) is 0. The average molecular weight is 171 g/mol. The minimum Gasteiger partial charge on any atom is -0.381 e. The number of nitrogens with zero attached hydrogens (tertiary/aromatic N) is 1. The van der Waals surface area contributed by atoms with Gasteiger partial charge in [-0.2, -0.15) is 0 Å². The Hall–Kier alpha value is -0.120. The predicted octanol–water partition coefficient (Wildman–Crippen LogP) is 0.0706. The number of piperazine rings is 1. The molecule has 0 aromatic rings. The van der Waals surface area contributed by atoms with Gasteiger partial charge in [0.1, 0.15) is 1.41 Å². The van der Waals surface area contributed by atoms with Gasteiger partial charge in [-0.05, 0) is 12.8 Å². The van der Waals surface area contributed by atoms with Crippen molar-refractivity contribution in [3.63, 3.8) is 0 Å². The summed E-state index contributed by atoms with van der Waals surface area (Å²) in [5.41, 5.74) is 0. The van der Waals surface area contributed by atoms with Gasteiger partial charge in [0, 0.05) is 45.4 Å². The molecule has 0 saturated carbocycles. The minimum atomic E-state index is 0.724. The molecule has 0 amide bonds. The Morgan fingerprint density at radius 3 is 2.58 bits per heavy atom. The second-order valence-electron chi connectivity index (χ2n) is 3.55. The smallest absolute Gasteiger partial charge is 0.122 e. The maximum Gasteiger partial charge on any atom is 0.122 e. The molecular formula is C9H18N2O. The normalized spacial score (nSPS) is 31.8. The summed E-state index contributed by atoms with van der Waals surface area (Å²) in [6, 6.07) is 0.724. The van der Waals surface area contributed by atoms with E-state index in [9.17, 15) is 0 Å². The Kier molecular flexibility index (Phi) is 2.56. The Labute approximate surface area is 75.5 Å². The molecular weight excluding hydrogens is 152 g/mol. The Balaban J connectivity index is 1.79. The predicted molar refractivity (Wildman–Crippen MR) is 48.3 cm³/mol. The fourth-order valence-corrected chi connectivity index (χ4v) is 2.04. The summed E-state index contributed by atoms with van der Waals surface area (Å²) in [5, 5.41) is 1.66. The SMILES string of the molecule is [2H]N1CCN(C2CCOCC2)CC1. The topological polar surface area (TPSA) is 24.5 Å². The molecule has 0 unspecified atom stereocenters. The molecule has 0 aliphatic carbocycles. The van der Waals surface area contributed by atoms with E-state index in [0.29, 0.717) is 0 Å². The lowest BCUT2D eigenvalue weighted by Crippen LogP contribution is -2.49. The first-order valence-corrected chi connectivity index (χ1v) is 4.92. The second kappa shape index (κ2) is 4.21. The van der Waals surface area contributed by atoms with Gasteiger partial charge in [-0.25, -0.2) is 0 Å². The van der Waals surface area contributed by atoms with Gasteiger partial charge in [-0.3, -0.25) is 4.90 Å². The zero-order valence-electron chi connectivity index (χ0n) is 8.54. The molecule has 0 aromatic heterocycles. The summed E-state index contributed by atoms with van der Waals surface area (Å²) in [6.45, 7) is 5.77. The average Bonchev–Trinajstić information content (AvgIpc) is 2.20. The third-order valence-electron chi connectivity index (χ3n) is 2.80. The highest BCUT2D eigenvalue weighted by Crippen LogP contribution is 2.14. The van der Waals surface area contributed by atoms with Crippen LogP contribution in [0.2, 0.25) is 1.41 Å². The molecule has 2 rings (SSSR count). The van der Waals surface area contributed by atoms with Crippen molar-refractivity contribution in [3.8, 4) is 0 Å². The quantitative estimate of drug-likeness (QED) is 0.604. The van der Waals surface area contributed by atoms with E-state index in [4.69, 9.17) is 6.15 Å². The van der Waals surface area contributed by atoms with Gasteiger partial charge >= 0.3 is 0 Å². The zero-order chi connectivity index (χ0) is 9.10. The van der Waals surface area contributed by atoms with Gasteiger partial charge in [0.15, 0.2) is 0 Å². The van der Waals surface area contributed by atoms with Crippen LogP contribution in [0.1, 0.15) is 12.8 Å². The maximum atomic E-state index is 7.46. The van der Waals surface area contributed by atoms with Crippen molar-refractivity contribution in [2.24, 2.45) is 0 Å².